The minimum Gasteiger partial charge on any atom is -0.367 e. The Balaban J connectivity index is 1.40. The summed E-state index contributed by atoms with van der Waals surface area (Å²) in [7, 11) is 1.88. The van der Waals surface area contributed by atoms with Gasteiger partial charge in [0.05, 0.1) is 6.21 Å². The molecule has 0 spiro atoms. The smallest absolute Gasteiger partial charge is 0.287 e. The molecule has 0 atom stereocenters. The highest BCUT2D eigenvalue weighted by molar-refractivity contribution is 5.99. The average molecular weight is 411 g/mol. The molecule has 0 bridgehead atoms. The van der Waals surface area contributed by atoms with Crippen LogP contribution < -0.4 is 10.3 Å². The quantitative estimate of drug-likeness (QED) is 0.345. The molecule has 1 aromatic heterocycles. The summed E-state index contributed by atoms with van der Waals surface area (Å²) in [5, 5.41) is 5.17. The largest absolute Gasteiger partial charge is 0.367 e. The number of aryl methyl sites for hydroxylation is 1. The van der Waals surface area contributed by atoms with E-state index >= 15 is 0 Å². The van der Waals surface area contributed by atoms with Crippen LogP contribution in [0.2, 0.25) is 0 Å². The Kier molecular flexibility index (Phi) is 6.13. The molecular formula is C26H26N4O. The topological polar surface area (TPSA) is 49.6 Å². The number of anilines is 1. The van der Waals surface area contributed by atoms with Crippen molar-refractivity contribution in [3.8, 4) is 0 Å². The van der Waals surface area contributed by atoms with Crippen molar-refractivity contribution in [3.05, 3.63) is 102 Å². The van der Waals surface area contributed by atoms with E-state index in [-0.39, 0.29) is 5.91 Å². The molecule has 0 saturated carbocycles. The third-order valence-electron chi connectivity index (χ3n) is 5.42. The number of carbonyl (C=O) groups excluding carboxylic acids is 1. The average Bonchev–Trinajstić information content (AvgIpc) is 3.15. The van der Waals surface area contributed by atoms with E-state index in [4.69, 9.17) is 0 Å². The number of hydrazone groups is 1. The highest BCUT2D eigenvalue weighted by atomic mass is 16.2. The second-order valence-electron chi connectivity index (χ2n) is 7.44. The summed E-state index contributed by atoms with van der Waals surface area (Å²) < 4.78 is 1.88. The van der Waals surface area contributed by atoms with Crippen LogP contribution in [-0.4, -0.2) is 23.2 Å². The van der Waals surface area contributed by atoms with Gasteiger partial charge in [-0.3, -0.25) is 4.79 Å². The maximum atomic E-state index is 12.5. The zero-order valence-electron chi connectivity index (χ0n) is 17.8. The van der Waals surface area contributed by atoms with Crippen LogP contribution in [0.3, 0.4) is 0 Å². The van der Waals surface area contributed by atoms with Gasteiger partial charge in [0.15, 0.2) is 0 Å². The number of carbonyl (C=O) groups is 1. The molecular weight excluding hydrogens is 384 g/mol. The van der Waals surface area contributed by atoms with E-state index in [2.05, 4.69) is 58.7 Å². The number of fused-ring (bicyclic) bond motifs is 1. The Bertz CT molecular complexity index is 1190. The second-order valence-corrected chi connectivity index (χ2v) is 7.44. The molecule has 156 valence electrons. The number of hydrogen-bond acceptors (Lipinski definition) is 3. The van der Waals surface area contributed by atoms with Gasteiger partial charge in [-0.2, -0.15) is 5.10 Å². The molecule has 1 heterocycles. The lowest BCUT2D eigenvalue weighted by Crippen LogP contribution is -2.22. The Morgan fingerprint density at radius 1 is 1.00 bits per heavy atom. The molecule has 3 aromatic carbocycles. The first-order chi connectivity index (χ1) is 15.2. The van der Waals surface area contributed by atoms with Gasteiger partial charge in [0.1, 0.15) is 5.69 Å². The molecule has 1 N–H and O–H groups in total. The zero-order valence-corrected chi connectivity index (χ0v) is 17.8. The number of hydrogen-bond donors (Lipinski definition) is 1. The van der Waals surface area contributed by atoms with Crippen LogP contribution in [0, 0.1) is 0 Å². The molecule has 0 saturated heterocycles. The third kappa shape index (κ3) is 4.67. The second kappa shape index (κ2) is 9.30. The predicted molar refractivity (Wildman–Crippen MR) is 128 cm³/mol. The Morgan fingerprint density at radius 3 is 2.42 bits per heavy atom. The minimum absolute atomic E-state index is 0.230. The molecule has 0 aliphatic rings. The summed E-state index contributed by atoms with van der Waals surface area (Å²) in [5.74, 6) is -0.230. The molecule has 5 heteroatoms. The number of nitrogens with one attached hydrogen (secondary N) is 1. The Hall–Kier alpha value is -3.86. The van der Waals surface area contributed by atoms with Crippen LogP contribution in [0.4, 0.5) is 5.69 Å². The van der Waals surface area contributed by atoms with Crippen molar-refractivity contribution < 1.29 is 4.79 Å². The normalized spacial score (nSPS) is 11.2. The molecule has 0 unspecified atom stereocenters. The van der Waals surface area contributed by atoms with E-state index in [1.165, 1.54) is 5.56 Å². The number of benzene rings is 3. The molecule has 0 fully saturated rings. The first-order valence-electron chi connectivity index (χ1n) is 10.4. The lowest BCUT2D eigenvalue weighted by molar-refractivity contribution is 0.0947. The summed E-state index contributed by atoms with van der Waals surface area (Å²) in [5.41, 5.74) is 7.59. The molecule has 5 nitrogen and oxygen atoms in total. The lowest BCUT2D eigenvalue weighted by Gasteiger charge is -2.23. The fraction of sp³-hybridized carbons (Fsp3) is 0.154. The molecule has 4 rings (SSSR count). The Morgan fingerprint density at radius 2 is 1.71 bits per heavy atom. The maximum Gasteiger partial charge on any atom is 0.287 e. The van der Waals surface area contributed by atoms with Gasteiger partial charge in [-0.25, -0.2) is 5.43 Å². The summed E-state index contributed by atoms with van der Waals surface area (Å²) >= 11 is 0. The molecule has 0 aliphatic heterocycles. The highest BCUT2D eigenvalue weighted by Gasteiger charge is 2.12. The number of amides is 1. The zero-order chi connectivity index (χ0) is 21.6. The van der Waals surface area contributed by atoms with Crippen LogP contribution in [-0.2, 0) is 13.6 Å². The number of nitrogens with zero attached hydrogens (tertiary/aromatic N) is 3. The van der Waals surface area contributed by atoms with Gasteiger partial charge in [-0.1, -0.05) is 60.7 Å². The monoisotopic (exact) mass is 410 g/mol. The van der Waals surface area contributed by atoms with Crippen LogP contribution in [0.15, 0.2) is 90.0 Å². The maximum absolute atomic E-state index is 12.5. The fourth-order valence-corrected chi connectivity index (χ4v) is 3.69. The van der Waals surface area contributed by atoms with Gasteiger partial charge >= 0.3 is 0 Å². The van der Waals surface area contributed by atoms with Crippen LogP contribution in [0.5, 0.6) is 0 Å². The number of para-hydroxylation sites is 1. The summed E-state index contributed by atoms with van der Waals surface area (Å²) in [6.07, 6.45) is 1.66. The van der Waals surface area contributed by atoms with Crippen molar-refractivity contribution >= 4 is 28.7 Å². The lowest BCUT2D eigenvalue weighted by atomic mass is 10.1. The molecule has 31 heavy (non-hydrogen) atoms. The number of aromatic nitrogens is 1. The fourth-order valence-electron chi connectivity index (χ4n) is 3.69. The SMILES string of the molecule is CCN(Cc1ccccc1)c1ccc(/C=N/NC(=O)c2cc3ccccc3n2C)cc1. The van der Waals surface area contributed by atoms with Gasteiger partial charge in [-0.15, -0.1) is 0 Å². The van der Waals surface area contributed by atoms with Gasteiger partial charge in [-0.05, 0) is 42.3 Å². The van der Waals surface area contributed by atoms with E-state index < -0.39 is 0 Å². The van der Waals surface area contributed by atoms with Gasteiger partial charge in [0, 0.05) is 36.7 Å². The Labute approximate surface area is 182 Å². The van der Waals surface area contributed by atoms with E-state index in [0.29, 0.717) is 5.69 Å². The van der Waals surface area contributed by atoms with Crippen molar-refractivity contribution in [2.45, 2.75) is 13.5 Å². The molecule has 0 aliphatic carbocycles. The van der Waals surface area contributed by atoms with Crippen LogP contribution >= 0.6 is 0 Å². The van der Waals surface area contributed by atoms with Crippen molar-refractivity contribution in [1.29, 1.82) is 0 Å². The number of rotatable bonds is 7. The predicted octanol–water partition coefficient (Wildman–Crippen LogP) is 4.97. The van der Waals surface area contributed by atoms with Crippen molar-refractivity contribution in [2.24, 2.45) is 12.1 Å². The van der Waals surface area contributed by atoms with Crippen LogP contribution in [0.1, 0.15) is 28.5 Å². The first-order valence-corrected chi connectivity index (χ1v) is 10.4. The molecule has 1 amide bonds. The van der Waals surface area contributed by atoms with E-state index in [9.17, 15) is 4.79 Å². The summed E-state index contributed by atoms with van der Waals surface area (Å²) in [6.45, 7) is 3.94. The van der Waals surface area contributed by atoms with Crippen molar-refractivity contribution in [1.82, 2.24) is 9.99 Å². The molecule has 4 aromatic rings. The minimum atomic E-state index is -0.230. The van der Waals surface area contributed by atoms with Gasteiger partial charge < -0.3 is 9.47 Å². The van der Waals surface area contributed by atoms with Crippen molar-refractivity contribution in [3.63, 3.8) is 0 Å². The standard InChI is InChI=1S/C26H26N4O/c1-3-30(19-21-9-5-4-6-10-21)23-15-13-20(14-16-23)18-27-28-26(31)25-17-22-11-7-8-12-24(22)29(25)2/h4-18H,3,19H2,1-2H3,(H,28,31)/b27-18+. The van der Waals surface area contributed by atoms with Crippen molar-refractivity contribution in [2.75, 3.05) is 11.4 Å². The van der Waals surface area contributed by atoms with E-state index in [1.807, 2.05) is 60.1 Å². The third-order valence-corrected chi connectivity index (χ3v) is 5.42. The summed E-state index contributed by atoms with van der Waals surface area (Å²) in [4.78, 5) is 14.8. The molecule has 0 radical (unpaired) electrons. The van der Waals surface area contributed by atoms with Gasteiger partial charge in [0.2, 0.25) is 0 Å². The van der Waals surface area contributed by atoms with E-state index in [0.717, 1.165) is 35.2 Å². The van der Waals surface area contributed by atoms with Crippen LogP contribution in [0.25, 0.3) is 10.9 Å². The summed E-state index contributed by atoms with van der Waals surface area (Å²) in [6, 6.07) is 28.4. The van der Waals surface area contributed by atoms with E-state index in [1.54, 1.807) is 6.21 Å². The van der Waals surface area contributed by atoms with Gasteiger partial charge in [0.25, 0.3) is 5.91 Å². The highest BCUT2D eigenvalue weighted by Crippen LogP contribution is 2.19. The first kappa shape index (κ1) is 20.4.